The molecule has 1 N–H and O–H groups in total. The largest absolute Gasteiger partial charge is 0.393 e. The van der Waals surface area contributed by atoms with Gasteiger partial charge in [-0.25, -0.2) is 0 Å². The van der Waals surface area contributed by atoms with Crippen molar-refractivity contribution in [2.75, 3.05) is 0 Å². The molecule has 0 bridgehead atoms. The average molecular weight is 330 g/mol. The summed E-state index contributed by atoms with van der Waals surface area (Å²) in [5, 5.41) is 10.1. The van der Waals surface area contributed by atoms with E-state index in [-0.39, 0.29) is 28.8 Å². The molecule has 8 atom stereocenters. The number of hydrogen-bond acceptors (Lipinski definition) is 3. The number of hydrogen-bond donors (Lipinski definition) is 1. The highest BCUT2D eigenvalue weighted by atomic mass is 16.6. The number of aliphatic hydroxyl groups excluding tert-OH is 1. The molecular weight excluding hydrogens is 300 g/mol. The molecule has 4 aliphatic carbocycles. The predicted octanol–water partition coefficient (Wildman–Crippen LogP) is 3.65. The van der Waals surface area contributed by atoms with E-state index in [2.05, 4.69) is 19.9 Å². The summed E-state index contributed by atoms with van der Waals surface area (Å²) in [6.45, 7) is 6.54. The summed E-state index contributed by atoms with van der Waals surface area (Å²) in [6, 6.07) is 0. The second kappa shape index (κ2) is 4.54. The molecule has 4 fully saturated rings. The molecule has 0 radical (unpaired) electrons. The quantitative estimate of drug-likeness (QED) is 0.590. The Morgan fingerprint density at radius 3 is 2.79 bits per heavy atom. The van der Waals surface area contributed by atoms with Gasteiger partial charge < -0.3 is 9.84 Å². The van der Waals surface area contributed by atoms with Gasteiger partial charge in [-0.2, -0.15) is 0 Å². The number of aliphatic hydroxyl groups is 1. The van der Waals surface area contributed by atoms with Crippen LogP contribution in [0.4, 0.5) is 0 Å². The van der Waals surface area contributed by atoms with Gasteiger partial charge in [0.1, 0.15) is 0 Å². The molecule has 3 saturated carbocycles. The van der Waals surface area contributed by atoms with Crippen LogP contribution < -0.4 is 0 Å². The monoisotopic (exact) mass is 330 g/mol. The van der Waals surface area contributed by atoms with Crippen molar-refractivity contribution in [2.45, 2.75) is 83.5 Å². The summed E-state index contributed by atoms with van der Waals surface area (Å²) in [4.78, 5) is 12.4. The molecule has 0 amide bonds. The van der Waals surface area contributed by atoms with Crippen molar-refractivity contribution in [1.82, 2.24) is 0 Å². The predicted molar refractivity (Wildman–Crippen MR) is 91.4 cm³/mol. The Morgan fingerprint density at radius 2 is 2.04 bits per heavy atom. The van der Waals surface area contributed by atoms with Crippen LogP contribution in [0.5, 0.6) is 0 Å². The molecule has 3 heteroatoms. The Labute approximate surface area is 144 Å². The third-order valence-electron chi connectivity index (χ3n) is 9.03. The molecule has 1 heterocycles. The maximum Gasteiger partial charge on any atom is 0.164 e. The summed E-state index contributed by atoms with van der Waals surface area (Å²) in [5.74, 6) is 2.31. The number of carbonyl (C=O) groups is 1. The van der Waals surface area contributed by atoms with E-state index in [9.17, 15) is 9.90 Å². The SMILES string of the molecule is CC(=O)[C@@]12O[C@@H]1CC1C3CC=C4CC(O)CC[C@]4(C)C3CC[C@@]12C. The maximum atomic E-state index is 12.4. The van der Waals surface area contributed by atoms with Crippen molar-refractivity contribution in [3.8, 4) is 0 Å². The van der Waals surface area contributed by atoms with Crippen LogP contribution in [0.3, 0.4) is 0 Å². The highest BCUT2D eigenvalue weighted by molar-refractivity contribution is 5.90. The van der Waals surface area contributed by atoms with Gasteiger partial charge in [0.25, 0.3) is 0 Å². The fraction of sp³-hybridized carbons (Fsp3) is 0.857. The summed E-state index contributed by atoms with van der Waals surface area (Å²) < 4.78 is 6.00. The third-order valence-corrected chi connectivity index (χ3v) is 9.03. The normalized spacial score (nSPS) is 58.0. The Morgan fingerprint density at radius 1 is 1.25 bits per heavy atom. The highest BCUT2D eigenvalue weighted by Gasteiger charge is 2.79. The number of fused-ring (bicyclic) bond motifs is 7. The van der Waals surface area contributed by atoms with E-state index < -0.39 is 5.60 Å². The van der Waals surface area contributed by atoms with Crippen molar-refractivity contribution in [3.05, 3.63) is 11.6 Å². The number of carbonyl (C=O) groups excluding carboxylic acids is 1. The Hall–Kier alpha value is -0.670. The van der Waals surface area contributed by atoms with E-state index in [4.69, 9.17) is 4.74 Å². The lowest BCUT2D eigenvalue weighted by Crippen LogP contribution is -2.54. The number of allylic oxidation sites excluding steroid dienone is 1. The maximum absolute atomic E-state index is 12.4. The molecule has 132 valence electrons. The fourth-order valence-electron chi connectivity index (χ4n) is 7.71. The highest BCUT2D eigenvalue weighted by Crippen LogP contribution is 2.73. The van der Waals surface area contributed by atoms with Gasteiger partial charge in [-0.15, -0.1) is 0 Å². The molecule has 1 aliphatic heterocycles. The zero-order valence-electron chi connectivity index (χ0n) is 15.2. The van der Waals surface area contributed by atoms with Gasteiger partial charge in [-0.05, 0) is 75.0 Å². The van der Waals surface area contributed by atoms with Crippen LogP contribution in [0.15, 0.2) is 11.6 Å². The topological polar surface area (TPSA) is 49.8 Å². The number of rotatable bonds is 1. The second-order valence-electron chi connectivity index (χ2n) is 9.75. The smallest absolute Gasteiger partial charge is 0.164 e. The number of Topliss-reactive ketones (excluding diaryl/α,β-unsaturated/α-hetero) is 1. The van der Waals surface area contributed by atoms with E-state index in [1.54, 1.807) is 6.92 Å². The average Bonchev–Trinajstić information content (AvgIpc) is 3.21. The van der Waals surface area contributed by atoms with E-state index >= 15 is 0 Å². The molecule has 0 aromatic carbocycles. The van der Waals surface area contributed by atoms with Gasteiger partial charge >= 0.3 is 0 Å². The molecule has 3 nitrogen and oxygen atoms in total. The standard InChI is InChI=1S/C21H30O3/c1-12(22)21-18(24-21)11-17-15-5-4-13-10-14(23)6-8-19(13,2)16(15)7-9-20(17,21)3/h4,14-18,23H,5-11H2,1-3H3/t14?,15?,16?,17?,18-,19+,20+,21-/m1/s1. The van der Waals surface area contributed by atoms with Gasteiger partial charge in [-0.3, -0.25) is 4.79 Å². The Kier molecular flexibility index (Phi) is 2.94. The molecule has 0 aromatic heterocycles. The van der Waals surface area contributed by atoms with Crippen LogP contribution in [0.2, 0.25) is 0 Å². The first-order chi connectivity index (χ1) is 11.3. The minimum atomic E-state index is -0.448. The zero-order valence-corrected chi connectivity index (χ0v) is 15.2. The van der Waals surface area contributed by atoms with Crippen molar-refractivity contribution in [1.29, 1.82) is 0 Å². The minimum Gasteiger partial charge on any atom is -0.393 e. The Bertz CT molecular complexity index is 639. The molecule has 0 aromatic rings. The second-order valence-corrected chi connectivity index (χ2v) is 9.75. The van der Waals surface area contributed by atoms with Crippen molar-refractivity contribution in [3.63, 3.8) is 0 Å². The molecule has 0 spiro atoms. The van der Waals surface area contributed by atoms with Crippen LogP contribution in [0, 0.1) is 28.6 Å². The summed E-state index contributed by atoms with van der Waals surface area (Å²) >= 11 is 0. The van der Waals surface area contributed by atoms with Gasteiger partial charge in [-0.1, -0.05) is 25.5 Å². The molecular formula is C21H30O3. The number of ether oxygens (including phenoxy) is 1. The van der Waals surface area contributed by atoms with Gasteiger partial charge in [0.2, 0.25) is 0 Å². The van der Waals surface area contributed by atoms with Crippen LogP contribution in [-0.4, -0.2) is 28.7 Å². The van der Waals surface area contributed by atoms with Gasteiger partial charge in [0, 0.05) is 5.41 Å². The third kappa shape index (κ3) is 1.60. The number of ketones is 1. The molecule has 1 saturated heterocycles. The molecule has 5 aliphatic rings. The van der Waals surface area contributed by atoms with Gasteiger partial charge in [0.05, 0.1) is 12.2 Å². The van der Waals surface area contributed by atoms with Crippen LogP contribution in [0.1, 0.15) is 65.7 Å². The van der Waals surface area contributed by atoms with Gasteiger partial charge in [0.15, 0.2) is 11.4 Å². The van der Waals surface area contributed by atoms with Crippen LogP contribution in [-0.2, 0) is 9.53 Å². The molecule has 5 rings (SSSR count). The van der Waals surface area contributed by atoms with E-state index in [1.165, 1.54) is 12.0 Å². The first-order valence-electron chi connectivity index (χ1n) is 9.89. The van der Waals surface area contributed by atoms with E-state index in [1.807, 2.05) is 0 Å². The minimum absolute atomic E-state index is 0.0422. The van der Waals surface area contributed by atoms with Crippen molar-refractivity contribution in [2.24, 2.45) is 28.6 Å². The lowest BCUT2D eigenvalue weighted by Gasteiger charge is -2.58. The van der Waals surface area contributed by atoms with Crippen LogP contribution >= 0.6 is 0 Å². The summed E-state index contributed by atoms with van der Waals surface area (Å²) in [7, 11) is 0. The summed E-state index contributed by atoms with van der Waals surface area (Å²) in [6.07, 6.45) is 10.0. The summed E-state index contributed by atoms with van der Waals surface area (Å²) in [5.41, 5.74) is 1.39. The van der Waals surface area contributed by atoms with Crippen molar-refractivity contribution < 1.29 is 14.6 Å². The zero-order chi connectivity index (χ0) is 16.9. The Balaban J connectivity index is 1.51. The van der Waals surface area contributed by atoms with E-state index in [0.717, 1.165) is 44.4 Å². The van der Waals surface area contributed by atoms with E-state index in [0.29, 0.717) is 11.8 Å². The first-order valence-corrected chi connectivity index (χ1v) is 9.89. The van der Waals surface area contributed by atoms with Crippen LogP contribution in [0.25, 0.3) is 0 Å². The fourth-order valence-corrected chi connectivity index (χ4v) is 7.71. The lowest BCUT2D eigenvalue weighted by molar-refractivity contribution is -0.135. The lowest BCUT2D eigenvalue weighted by atomic mass is 9.47. The number of epoxide rings is 1. The molecule has 4 unspecified atom stereocenters. The van der Waals surface area contributed by atoms with Crippen molar-refractivity contribution >= 4 is 5.78 Å². The molecule has 24 heavy (non-hydrogen) atoms. The first kappa shape index (κ1) is 15.6.